The lowest BCUT2D eigenvalue weighted by molar-refractivity contribution is -0.206. The molecule has 1 aromatic rings. The molecular formula is C17H23F3N2O2S. The molecule has 140 valence electrons. The summed E-state index contributed by atoms with van der Waals surface area (Å²) in [5.74, 6) is -2.08. The molecule has 0 bridgehead atoms. The van der Waals surface area contributed by atoms with Crippen molar-refractivity contribution in [1.82, 2.24) is 0 Å². The van der Waals surface area contributed by atoms with E-state index in [1.807, 2.05) is 13.8 Å². The highest BCUT2D eigenvalue weighted by atomic mass is 32.1. The molecule has 8 heteroatoms. The second kappa shape index (κ2) is 8.03. The van der Waals surface area contributed by atoms with Crippen LogP contribution in [0.3, 0.4) is 0 Å². The Morgan fingerprint density at radius 3 is 2.44 bits per heavy atom. The number of halogens is 3. The standard InChI is InChI=1S/C17H23F3N2O2S/c1-5-7-10-11(9-25-12(10)6-2)15(24)22-14(21)8-13(23)16(3,4)17(18,19)20/h8-9,23H,5-7H2,1-4H3,(H2,21,22,24)/b13-8-. The molecule has 0 unspecified atom stereocenters. The zero-order valence-electron chi connectivity index (χ0n) is 14.7. The quantitative estimate of drug-likeness (QED) is 0.426. The van der Waals surface area contributed by atoms with E-state index in [0.29, 0.717) is 18.1 Å². The first-order valence-electron chi connectivity index (χ1n) is 7.91. The Hall–Kier alpha value is -1.83. The number of aliphatic hydroxyl groups excluding tert-OH is 1. The predicted octanol–water partition coefficient (Wildman–Crippen LogP) is 4.79. The molecule has 0 spiro atoms. The summed E-state index contributed by atoms with van der Waals surface area (Å²) in [6, 6.07) is 0. The fourth-order valence-electron chi connectivity index (χ4n) is 2.10. The van der Waals surface area contributed by atoms with Gasteiger partial charge in [0.2, 0.25) is 0 Å². The summed E-state index contributed by atoms with van der Waals surface area (Å²) < 4.78 is 38.7. The Balaban J connectivity index is 3.13. The number of hydrogen-bond donors (Lipinski definition) is 2. The molecule has 0 aliphatic carbocycles. The van der Waals surface area contributed by atoms with Gasteiger partial charge in [-0.3, -0.25) is 4.79 Å². The summed E-state index contributed by atoms with van der Waals surface area (Å²) in [6.45, 7) is 5.61. The van der Waals surface area contributed by atoms with Crippen LogP contribution in [0.15, 0.2) is 22.2 Å². The second-order valence-electron chi connectivity index (χ2n) is 6.15. The third kappa shape index (κ3) is 4.84. The molecule has 1 aromatic heterocycles. The van der Waals surface area contributed by atoms with Gasteiger partial charge >= 0.3 is 6.18 Å². The number of rotatable bonds is 6. The highest BCUT2D eigenvalue weighted by Crippen LogP contribution is 2.42. The van der Waals surface area contributed by atoms with E-state index in [1.54, 1.807) is 5.38 Å². The first-order chi connectivity index (χ1) is 11.5. The van der Waals surface area contributed by atoms with Crippen molar-refractivity contribution in [2.45, 2.75) is 53.1 Å². The van der Waals surface area contributed by atoms with Gasteiger partial charge in [0.25, 0.3) is 5.91 Å². The van der Waals surface area contributed by atoms with Crippen molar-refractivity contribution in [3.8, 4) is 0 Å². The van der Waals surface area contributed by atoms with E-state index in [9.17, 15) is 23.1 Å². The van der Waals surface area contributed by atoms with Gasteiger partial charge in [0.05, 0.1) is 5.56 Å². The molecule has 0 aliphatic rings. The molecule has 3 N–H and O–H groups in total. The van der Waals surface area contributed by atoms with E-state index in [0.717, 1.165) is 37.1 Å². The number of amidine groups is 1. The third-order valence-corrected chi connectivity index (χ3v) is 5.07. The van der Waals surface area contributed by atoms with Gasteiger partial charge in [-0.1, -0.05) is 20.3 Å². The molecule has 0 aromatic carbocycles. The molecule has 0 aliphatic heterocycles. The number of aryl methyl sites for hydroxylation is 1. The van der Waals surface area contributed by atoms with E-state index >= 15 is 0 Å². The smallest absolute Gasteiger partial charge is 0.400 e. The van der Waals surface area contributed by atoms with Crippen molar-refractivity contribution in [3.05, 3.63) is 33.2 Å². The van der Waals surface area contributed by atoms with Crippen molar-refractivity contribution >= 4 is 23.1 Å². The average Bonchev–Trinajstić information content (AvgIpc) is 2.89. The average molecular weight is 376 g/mol. The van der Waals surface area contributed by atoms with Crippen molar-refractivity contribution in [2.75, 3.05) is 0 Å². The highest BCUT2D eigenvalue weighted by molar-refractivity contribution is 7.10. The number of thiophene rings is 1. The van der Waals surface area contributed by atoms with Crippen LogP contribution in [0.2, 0.25) is 0 Å². The molecular weight excluding hydrogens is 353 g/mol. The first-order valence-corrected chi connectivity index (χ1v) is 8.79. The fourth-order valence-corrected chi connectivity index (χ4v) is 3.12. The lowest BCUT2D eigenvalue weighted by Crippen LogP contribution is -2.34. The van der Waals surface area contributed by atoms with Crippen molar-refractivity contribution < 1.29 is 23.1 Å². The minimum Gasteiger partial charge on any atom is -0.511 e. The lowest BCUT2D eigenvalue weighted by atomic mass is 9.89. The zero-order valence-corrected chi connectivity index (χ0v) is 15.5. The molecule has 1 rings (SSSR count). The topological polar surface area (TPSA) is 75.7 Å². The van der Waals surface area contributed by atoms with Gasteiger partial charge in [0, 0.05) is 16.3 Å². The van der Waals surface area contributed by atoms with Gasteiger partial charge in [-0.15, -0.1) is 11.3 Å². The van der Waals surface area contributed by atoms with Crippen LogP contribution in [0.4, 0.5) is 13.2 Å². The Bertz CT molecular complexity index is 689. The Morgan fingerprint density at radius 1 is 1.36 bits per heavy atom. The number of nitrogens with two attached hydrogens (primary N) is 1. The number of hydrogen-bond acceptors (Lipinski definition) is 3. The number of alkyl halides is 3. The Kier molecular flexibility index (Phi) is 6.82. The first kappa shape index (κ1) is 21.2. The number of amides is 1. The van der Waals surface area contributed by atoms with Gasteiger partial charge in [-0.25, -0.2) is 0 Å². The number of aliphatic hydroxyl groups is 1. The fraction of sp³-hybridized carbons (Fsp3) is 0.529. The molecule has 4 nitrogen and oxygen atoms in total. The summed E-state index contributed by atoms with van der Waals surface area (Å²) in [5.41, 5.74) is 4.38. The number of carbonyl (C=O) groups is 1. The number of nitrogens with zero attached hydrogens (tertiary/aromatic N) is 1. The van der Waals surface area contributed by atoms with Crippen LogP contribution in [-0.4, -0.2) is 23.0 Å². The molecule has 1 heterocycles. The van der Waals surface area contributed by atoms with Gasteiger partial charge in [0.15, 0.2) is 0 Å². The van der Waals surface area contributed by atoms with Crippen LogP contribution >= 0.6 is 11.3 Å². The van der Waals surface area contributed by atoms with Crippen LogP contribution in [0.5, 0.6) is 0 Å². The number of carbonyl (C=O) groups excluding carboxylic acids is 1. The molecule has 0 fully saturated rings. The SMILES string of the molecule is CCCc1c(C(=O)N=C(N)/C=C(\O)C(C)(C)C(F)(F)F)csc1CC. The molecule has 0 atom stereocenters. The van der Waals surface area contributed by atoms with E-state index in [1.165, 1.54) is 11.3 Å². The van der Waals surface area contributed by atoms with Crippen LogP contribution < -0.4 is 5.73 Å². The van der Waals surface area contributed by atoms with Crippen molar-refractivity contribution in [1.29, 1.82) is 0 Å². The predicted molar refractivity (Wildman–Crippen MR) is 94.2 cm³/mol. The molecule has 0 saturated carbocycles. The Labute approximate surface area is 149 Å². The number of aliphatic imine (C=N–C) groups is 1. The summed E-state index contributed by atoms with van der Waals surface area (Å²) in [4.78, 5) is 17.0. The van der Waals surface area contributed by atoms with Gasteiger partial charge < -0.3 is 10.8 Å². The maximum absolute atomic E-state index is 12.9. The number of allylic oxidation sites excluding steroid dienone is 1. The van der Waals surface area contributed by atoms with E-state index < -0.39 is 29.1 Å². The van der Waals surface area contributed by atoms with E-state index in [4.69, 9.17) is 5.73 Å². The summed E-state index contributed by atoms with van der Waals surface area (Å²) in [7, 11) is 0. The maximum Gasteiger partial charge on any atom is 0.400 e. The summed E-state index contributed by atoms with van der Waals surface area (Å²) in [5, 5.41) is 11.4. The molecule has 25 heavy (non-hydrogen) atoms. The van der Waals surface area contributed by atoms with Gasteiger partial charge in [-0.05, 0) is 32.3 Å². The Morgan fingerprint density at radius 2 is 1.96 bits per heavy atom. The lowest BCUT2D eigenvalue weighted by Gasteiger charge is -2.26. The summed E-state index contributed by atoms with van der Waals surface area (Å²) >= 11 is 1.45. The van der Waals surface area contributed by atoms with E-state index in [-0.39, 0.29) is 0 Å². The van der Waals surface area contributed by atoms with E-state index in [2.05, 4.69) is 4.99 Å². The monoisotopic (exact) mass is 376 g/mol. The van der Waals surface area contributed by atoms with Crippen LogP contribution in [-0.2, 0) is 12.8 Å². The summed E-state index contributed by atoms with van der Waals surface area (Å²) in [6.07, 6.45) is -1.63. The largest absolute Gasteiger partial charge is 0.511 e. The third-order valence-electron chi connectivity index (χ3n) is 3.90. The molecule has 1 amide bonds. The molecule has 0 radical (unpaired) electrons. The van der Waals surface area contributed by atoms with Crippen LogP contribution in [0.25, 0.3) is 0 Å². The molecule has 0 saturated heterocycles. The maximum atomic E-state index is 12.9. The minimum absolute atomic E-state index is 0.412. The zero-order chi connectivity index (χ0) is 19.4. The van der Waals surface area contributed by atoms with Crippen molar-refractivity contribution in [2.24, 2.45) is 16.1 Å². The van der Waals surface area contributed by atoms with Crippen molar-refractivity contribution in [3.63, 3.8) is 0 Å². The normalized spacial score (nSPS) is 14.0. The highest BCUT2D eigenvalue weighted by Gasteiger charge is 2.50. The van der Waals surface area contributed by atoms with Crippen LogP contribution in [0.1, 0.15) is 54.9 Å². The minimum atomic E-state index is -4.66. The van der Waals surface area contributed by atoms with Gasteiger partial charge in [0.1, 0.15) is 17.0 Å². The second-order valence-corrected chi connectivity index (χ2v) is 7.11. The van der Waals surface area contributed by atoms with Crippen LogP contribution in [0, 0.1) is 5.41 Å². The van der Waals surface area contributed by atoms with Gasteiger partial charge in [-0.2, -0.15) is 18.2 Å².